The molecule has 1 spiro atoms. The van der Waals surface area contributed by atoms with Crippen LogP contribution in [0, 0.1) is 0 Å². The molecule has 4 rings (SSSR count). The third kappa shape index (κ3) is 3.22. The Kier molecular flexibility index (Phi) is 4.35. The highest BCUT2D eigenvalue weighted by atomic mass is 16.2. The van der Waals surface area contributed by atoms with Gasteiger partial charge in [-0.05, 0) is 50.9 Å². The van der Waals surface area contributed by atoms with E-state index in [1.807, 2.05) is 0 Å². The monoisotopic (exact) mass is 328 g/mol. The second kappa shape index (κ2) is 6.63. The van der Waals surface area contributed by atoms with E-state index in [1.165, 1.54) is 18.5 Å². The summed E-state index contributed by atoms with van der Waals surface area (Å²) in [5, 5.41) is 10.5. The van der Waals surface area contributed by atoms with Gasteiger partial charge >= 0.3 is 0 Å². The van der Waals surface area contributed by atoms with Crippen molar-refractivity contribution in [2.75, 3.05) is 36.4 Å². The first kappa shape index (κ1) is 15.8. The summed E-state index contributed by atoms with van der Waals surface area (Å²) in [7, 11) is 0. The normalized spacial score (nSPS) is 22.9. The molecule has 1 aromatic rings. The Balaban J connectivity index is 1.50. The van der Waals surface area contributed by atoms with Crippen molar-refractivity contribution in [1.82, 2.24) is 10.6 Å². The Morgan fingerprint density at radius 3 is 2.75 bits per heavy atom. The second-order valence-electron chi connectivity index (χ2n) is 7.58. The molecule has 5 heteroatoms. The van der Waals surface area contributed by atoms with Crippen LogP contribution >= 0.6 is 0 Å². The molecule has 0 atom stereocenters. The molecule has 0 bridgehead atoms. The van der Waals surface area contributed by atoms with Crippen LogP contribution in [0.3, 0.4) is 0 Å². The van der Waals surface area contributed by atoms with Crippen LogP contribution in [0.5, 0.6) is 0 Å². The highest BCUT2D eigenvalue weighted by Crippen LogP contribution is 2.37. The average Bonchev–Trinajstić information content (AvgIpc) is 3.08. The van der Waals surface area contributed by atoms with Gasteiger partial charge in [0.1, 0.15) is 0 Å². The molecule has 2 fully saturated rings. The van der Waals surface area contributed by atoms with Gasteiger partial charge in [0.2, 0.25) is 5.91 Å². The zero-order chi connectivity index (χ0) is 16.4. The summed E-state index contributed by atoms with van der Waals surface area (Å²) in [4.78, 5) is 14.8. The van der Waals surface area contributed by atoms with E-state index in [4.69, 9.17) is 0 Å². The smallest absolute Gasteiger partial charge is 0.239 e. The first-order valence-electron chi connectivity index (χ1n) is 9.36. The number of rotatable bonds is 3. The average molecular weight is 328 g/mol. The maximum absolute atomic E-state index is 12.6. The van der Waals surface area contributed by atoms with Crippen LogP contribution in [0.4, 0.5) is 11.4 Å². The first-order chi connectivity index (χ1) is 11.7. The van der Waals surface area contributed by atoms with Crippen molar-refractivity contribution in [2.45, 2.75) is 50.1 Å². The minimum atomic E-state index is 0.0905. The van der Waals surface area contributed by atoms with Gasteiger partial charge < -0.3 is 20.9 Å². The van der Waals surface area contributed by atoms with Gasteiger partial charge in [-0.25, -0.2) is 0 Å². The summed E-state index contributed by atoms with van der Waals surface area (Å²) in [6.45, 7) is 3.45. The lowest BCUT2D eigenvalue weighted by Crippen LogP contribution is -2.58. The molecule has 0 radical (unpaired) electrons. The fourth-order valence-electron chi connectivity index (χ4n) is 4.48. The van der Waals surface area contributed by atoms with Crippen LogP contribution in [0.2, 0.25) is 0 Å². The molecular weight excluding hydrogens is 300 g/mol. The van der Waals surface area contributed by atoms with E-state index in [0.29, 0.717) is 12.6 Å². The van der Waals surface area contributed by atoms with Crippen LogP contribution in [0.15, 0.2) is 24.3 Å². The number of hydrogen-bond donors (Lipinski definition) is 3. The molecule has 3 aliphatic rings. The Hall–Kier alpha value is -1.75. The molecule has 2 heterocycles. The first-order valence-corrected chi connectivity index (χ1v) is 9.36. The van der Waals surface area contributed by atoms with Gasteiger partial charge in [-0.3, -0.25) is 4.79 Å². The van der Waals surface area contributed by atoms with Gasteiger partial charge in [0.05, 0.1) is 23.5 Å². The molecule has 0 unspecified atom stereocenters. The minimum absolute atomic E-state index is 0.0905. The minimum Gasteiger partial charge on any atom is -0.376 e. The third-order valence-electron chi connectivity index (χ3n) is 5.75. The maximum atomic E-state index is 12.6. The van der Waals surface area contributed by atoms with Crippen molar-refractivity contribution in [3.8, 4) is 0 Å². The highest BCUT2D eigenvalue weighted by molar-refractivity contribution is 5.85. The number of para-hydroxylation sites is 2. The lowest BCUT2D eigenvalue weighted by Gasteiger charge is -2.47. The number of carbonyl (C=O) groups is 1. The number of fused-ring (bicyclic) bond motifs is 1. The molecule has 1 aliphatic carbocycles. The summed E-state index contributed by atoms with van der Waals surface area (Å²) in [5.74, 6) is 0.169. The number of nitrogens with one attached hydrogen (secondary N) is 3. The van der Waals surface area contributed by atoms with Crippen molar-refractivity contribution in [2.24, 2.45) is 0 Å². The van der Waals surface area contributed by atoms with E-state index in [2.05, 4.69) is 45.1 Å². The van der Waals surface area contributed by atoms with Gasteiger partial charge in [0, 0.05) is 12.6 Å². The zero-order valence-electron chi connectivity index (χ0n) is 14.3. The fraction of sp³-hybridized carbons (Fsp3) is 0.632. The molecule has 24 heavy (non-hydrogen) atoms. The van der Waals surface area contributed by atoms with Gasteiger partial charge in [-0.15, -0.1) is 0 Å². The number of piperidine rings is 1. The number of amides is 1. The highest BCUT2D eigenvalue weighted by Gasteiger charge is 2.38. The van der Waals surface area contributed by atoms with Gasteiger partial charge in [0.25, 0.3) is 0 Å². The van der Waals surface area contributed by atoms with Crippen molar-refractivity contribution >= 4 is 17.3 Å². The third-order valence-corrected chi connectivity index (χ3v) is 5.75. The zero-order valence-corrected chi connectivity index (χ0v) is 14.3. The molecule has 130 valence electrons. The molecule has 0 aromatic heterocycles. The van der Waals surface area contributed by atoms with Crippen LogP contribution in [-0.4, -0.2) is 43.7 Å². The molecule has 1 aromatic carbocycles. The van der Waals surface area contributed by atoms with Gasteiger partial charge in [0.15, 0.2) is 0 Å². The summed E-state index contributed by atoms with van der Waals surface area (Å²) >= 11 is 0. The number of carbonyl (C=O) groups excluding carboxylic acids is 1. The fourth-order valence-corrected chi connectivity index (χ4v) is 4.48. The van der Waals surface area contributed by atoms with Crippen LogP contribution in [-0.2, 0) is 4.79 Å². The van der Waals surface area contributed by atoms with Crippen LogP contribution < -0.4 is 20.9 Å². The van der Waals surface area contributed by atoms with Crippen LogP contribution in [0.25, 0.3) is 0 Å². The Bertz CT molecular complexity index is 591. The molecule has 1 saturated heterocycles. The summed E-state index contributed by atoms with van der Waals surface area (Å²) in [6, 6.07) is 8.79. The van der Waals surface area contributed by atoms with Crippen molar-refractivity contribution in [1.29, 1.82) is 0 Å². The van der Waals surface area contributed by atoms with E-state index in [9.17, 15) is 4.79 Å². The van der Waals surface area contributed by atoms with E-state index < -0.39 is 0 Å². The molecule has 3 N–H and O–H groups in total. The van der Waals surface area contributed by atoms with E-state index in [-0.39, 0.29) is 11.4 Å². The number of hydrogen-bond acceptors (Lipinski definition) is 4. The van der Waals surface area contributed by atoms with Gasteiger partial charge in [-0.2, -0.15) is 0 Å². The molecule has 1 saturated carbocycles. The summed E-state index contributed by atoms with van der Waals surface area (Å²) < 4.78 is 0. The topological polar surface area (TPSA) is 56.4 Å². The van der Waals surface area contributed by atoms with Crippen molar-refractivity contribution in [3.05, 3.63) is 24.3 Å². The largest absolute Gasteiger partial charge is 0.376 e. The lowest BCUT2D eigenvalue weighted by atomic mass is 9.85. The number of benzene rings is 1. The quantitative estimate of drug-likeness (QED) is 0.795. The maximum Gasteiger partial charge on any atom is 0.239 e. The SMILES string of the molecule is O=C(CN1CC2(CCNCC2)Nc2ccccc21)NC1CCCC1. The van der Waals surface area contributed by atoms with Crippen molar-refractivity contribution < 1.29 is 4.79 Å². The van der Waals surface area contributed by atoms with Crippen LogP contribution in [0.1, 0.15) is 38.5 Å². The molecule has 2 aliphatic heterocycles. The molecule has 1 amide bonds. The lowest BCUT2D eigenvalue weighted by molar-refractivity contribution is -0.120. The summed E-state index contributed by atoms with van der Waals surface area (Å²) in [6.07, 6.45) is 6.97. The second-order valence-corrected chi connectivity index (χ2v) is 7.58. The standard InChI is InChI=1S/C19H28N4O/c24-18(21-15-5-1-2-6-15)13-23-14-19(9-11-20-12-10-19)22-16-7-3-4-8-17(16)23/h3-4,7-8,15,20,22H,1-2,5-6,9-14H2,(H,21,24). The summed E-state index contributed by atoms with van der Waals surface area (Å²) in [5.41, 5.74) is 2.41. The van der Waals surface area contributed by atoms with Gasteiger partial charge in [-0.1, -0.05) is 25.0 Å². The van der Waals surface area contributed by atoms with E-state index in [1.54, 1.807) is 0 Å². The predicted molar refractivity (Wildman–Crippen MR) is 97.5 cm³/mol. The predicted octanol–water partition coefficient (Wildman–Crippen LogP) is 2.10. The Morgan fingerprint density at radius 1 is 1.21 bits per heavy atom. The van der Waals surface area contributed by atoms with Crippen molar-refractivity contribution in [3.63, 3.8) is 0 Å². The molecular formula is C19H28N4O. The Labute approximate surface area is 144 Å². The number of anilines is 2. The van der Waals surface area contributed by atoms with E-state index in [0.717, 1.165) is 51.0 Å². The van der Waals surface area contributed by atoms with E-state index >= 15 is 0 Å². The Morgan fingerprint density at radius 2 is 1.96 bits per heavy atom. The number of nitrogens with zero attached hydrogens (tertiary/aromatic N) is 1. The molecule has 5 nitrogen and oxygen atoms in total.